The summed E-state index contributed by atoms with van der Waals surface area (Å²) in [4.78, 5) is 18.5. The van der Waals surface area contributed by atoms with E-state index in [1.807, 2.05) is 13.8 Å². The van der Waals surface area contributed by atoms with Gasteiger partial charge in [-0.15, -0.1) is 11.3 Å². The number of halogens is 1. The van der Waals surface area contributed by atoms with Crippen molar-refractivity contribution in [3.8, 4) is 11.5 Å². The predicted octanol–water partition coefficient (Wildman–Crippen LogP) is 4.97. The number of carbonyl (C=O) groups excluding carboxylic acids is 1. The number of fused-ring (bicyclic) bond motifs is 1. The van der Waals surface area contributed by atoms with Gasteiger partial charge in [-0.05, 0) is 51.2 Å². The van der Waals surface area contributed by atoms with Gasteiger partial charge in [0.2, 0.25) is 0 Å². The lowest BCUT2D eigenvalue weighted by Gasteiger charge is -2.16. The van der Waals surface area contributed by atoms with Crippen LogP contribution >= 0.6 is 22.9 Å². The first-order chi connectivity index (χ1) is 12.4. The SMILES string of the molecule is COc1cc(C(=O)Nc2nc3c(s2)CC(C)CC3)cc(Cl)c1OC(C)C. The van der Waals surface area contributed by atoms with Crippen molar-refractivity contribution in [3.05, 3.63) is 33.3 Å². The minimum absolute atomic E-state index is 0.0508. The van der Waals surface area contributed by atoms with Gasteiger partial charge in [-0.25, -0.2) is 4.98 Å². The molecule has 0 spiro atoms. The van der Waals surface area contributed by atoms with Crippen molar-refractivity contribution in [3.63, 3.8) is 0 Å². The Bertz CT molecular complexity index is 819. The molecule has 0 radical (unpaired) electrons. The number of methoxy groups -OCH3 is 1. The Labute approximate surface area is 162 Å². The Morgan fingerprint density at radius 3 is 2.88 bits per heavy atom. The molecule has 1 aliphatic carbocycles. The second kappa shape index (κ2) is 7.84. The smallest absolute Gasteiger partial charge is 0.257 e. The van der Waals surface area contributed by atoms with Crippen molar-refractivity contribution >= 4 is 34.0 Å². The molecule has 3 rings (SSSR count). The molecule has 0 saturated carbocycles. The molecule has 1 atom stereocenters. The standard InChI is InChI=1S/C19H23ClN2O3S/c1-10(2)25-17-13(20)8-12(9-15(17)24-4)18(23)22-19-21-14-6-5-11(3)7-16(14)26-19/h8-11H,5-7H2,1-4H3,(H,21,22,23). The molecule has 0 saturated heterocycles. The van der Waals surface area contributed by atoms with Gasteiger partial charge in [0.15, 0.2) is 16.6 Å². The van der Waals surface area contributed by atoms with Gasteiger partial charge in [-0.3, -0.25) is 10.1 Å². The van der Waals surface area contributed by atoms with E-state index in [0.717, 1.165) is 25.0 Å². The molecular weight excluding hydrogens is 372 g/mol. The molecule has 26 heavy (non-hydrogen) atoms. The number of amides is 1. The summed E-state index contributed by atoms with van der Waals surface area (Å²) < 4.78 is 11.0. The van der Waals surface area contributed by atoms with Gasteiger partial charge in [-0.2, -0.15) is 0 Å². The van der Waals surface area contributed by atoms with Crippen molar-refractivity contribution in [2.45, 2.75) is 46.1 Å². The van der Waals surface area contributed by atoms with Crippen LogP contribution in [0.2, 0.25) is 5.02 Å². The lowest BCUT2D eigenvalue weighted by atomic mass is 9.93. The lowest BCUT2D eigenvalue weighted by molar-refractivity contribution is 0.102. The van der Waals surface area contributed by atoms with Crippen LogP contribution in [0.25, 0.3) is 0 Å². The second-order valence-electron chi connectivity index (χ2n) is 6.85. The van der Waals surface area contributed by atoms with Gasteiger partial charge < -0.3 is 9.47 Å². The normalized spacial score (nSPS) is 16.3. The van der Waals surface area contributed by atoms with Crippen LogP contribution in [-0.2, 0) is 12.8 Å². The molecule has 0 bridgehead atoms. The fourth-order valence-electron chi connectivity index (χ4n) is 2.96. The van der Waals surface area contributed by atoms with E-state index < -0.39 is 0 Å². The summed E-state index contributed by atoms with van der Waals surface area (Å²) in [6, 6.07) is 3.22. The van der Waals surface area contributed by atoms with E-state index in [-0.39, 0.29) is 12.0 Å². The second-order valence-corrected chi connectivity index (χ2v) is 8.34. The molecule has 5 nitrogen and oxygen atoms in total. The average Bonchev–Trinajstić information content (AvgIpc) is 2.97. The molecule has 1 unspecified atom stereocenters. The first kappa shape index (κ1) is 19.0. The number of ether oxygens (including phenoxy) is 2. The van der Waals surface area contributed by atoms with Crippen molar-refractivity contribution < 1.29 is 14.3 Å². The number of rotatable bonds is 5. The molecule has 2 aromatic rings. The first-order valence-electron chi connectivity index (χ1n) is 8.71. The molecule has 7 heteroatoms. The van der Waals surface area contributed by atoms with E-state index in [1.165, 1.54) is 12.0 Å². The third kappa shape index (κ3) is 4.13. The minimum atomic E-state index is -0.263. The van der Waals surface area contributed by atoms with E-state index in [0.29, 0.717) is 33.1 Å². The molecule has 1 aromatic carbocycles. The Balaban J connectivity index is 1.81. The van der Waals surface area contributed by atoms with Crippen LogP contribution in [0.1, 0.15) is 48.1 Å². The van der Waals surface area contributed by atoms with Gasteiger partial charge in [0.25, 0.3) is 5.91 Å². The molecule has 1 heterocycles. The van der Waals surface area contributed by atoms with Crippen LogP contribution in [-0.4, -0.2) is 24.1 Å². The fraction of sp³-hybridized carbons (Fsp3) is 0.474. The third-order valence-electron chi connectivity index (χ3n) is 4.25. The summed E-state index contributed by atoms with van der Waals surface area (Å²) in [5.74, 6) is 1.28. The zero-order valence-electron chi connectivity index (χ0n) is 15.4. The van der Waals surface area contributed by atoms with Crippen molar-refractivity contribution in [2.75, 3.05) is 12.4 Å². The maximum Gasteiger partial charge on any atom is 0.257 e. The van der Waals surface area contributed by atoms with Gasteiger partial charge in [0.1, 0.15) is 0 Å². The molecule has 1 aromatic heterocycles. The van der Waals surface area contributed by atoms with E-state index in [2.05, 4.69) is 17.2 Å². The van der Waals surface area contributed by atoms with Gasteiger partial charge in [0.05, 0.1) is 23.9 Å². The topological polar surface area (TPSA) is 60.5 Å². The Hall–Kier alpha value is -1.79. The van der Waals surface area contributed by atoms with Gasteiger partial charge in [-0.1, -0.05) is 18.5 Å². The molecule has 1 amide bonds. The molecule has 0 fully saturated rings. The minimum Gasteiger partial charge on any atom is -0.493 e. The first-order valence-corrected chi connectivity index (χ1v) is 9.91. The van der Waals surface area contributed by atoms with Gasteiger partial charge in [0, 0.05) is 10.4 Å². The van der Waals surface area contributed by atoms with Crippen molar-refractivity contribution in [2.24, 2.45) is 5.92 Å². The summed E-state index contributed by atoms with van der Waals surface area (Å²) in [5, 5.41) is 3.86. The van der Waals surface area contributed by atoms with E-state index in [4.69, 9.17) is 21.1 Å². The fourth-order valence-corrected chi connectivity index (χ4v) is 4.39. The number of anilines is 1. The molecular formula is C19H23ClN2O3S. The van der Waals surface area contributed by atoms with E-state index in [9.17, 15) is 4.79 Å². The van der Waals surface area contributed by atoms with Crippen LogP contribution in [0.5, 0.6) is 11.5 Å². The number of aryl methyl sites for hydroxylation is 1. The highest BCUT2D eigenvalue weighted by Crippen LogP contribution is 2.38. The maximum atomic E-state index is 12.6. The predicted molar refractivity (Wildman–Crippen MR) is 105 cm³/mol. The highest BCUT2D eigenvalue weighted by Gasteiger charge is 2.22. The average molecular weight is 395 g/mol. The van der Waals surface area contributed by atoms with Crippen LogP contribution in [0.15, 0.2) is 12.1 Å². The number of thiazole rings is 1. The summed E-state index contributed by atoms with van der Waals surface area (Å²) in [5.41, 5.74) is 1.52. The molecule has 1 N–H and O–H groups in total. The zero-order chi connectivity index (χ0) is 18.8. The Morgan fingerprint density at radius 2 is 2.19 bits per heavy atom. The Kier molecular flexibility index (Phi) is 5.73. The highest BCUT2D eigenvalue weighted by atomic mass is 35.5. The van der Waals surface area contributed by atoms with Crippen molar-refractivity contribution in [1.82, 2.24) is 4.98 Å². The summed E-state index contributed by atoms with van der Waals surface area (Å²) >= 11 is 7.86. The number of hydrogen-bond donors (Lipinski definition) is 1. The third-order valence-corrected chi connectivity index (χ3v) is 5.57. The maximum absolute atomic E-state index is 12.6. The quantitative estimate of drug-likeness (QED) is 0.777. The Morgan fingerprint density at radius 1 is 1.42 bits per heavy atom. The number of nitrogens with zero attached hydrogens (tertiary/aromatic N) is 1. The largest absolute Gasteiger partial charge is 0.493 e. The van der Waals surface area contributed by atoms with Crippen LogP contribution in [0.3, 0.4) is 0 Å². The van der Waals surface area contributed by atoms with E-state index in [1.54, 1.807) is 23.5 Å². The number of carbonyl (C=O) groups is 1. The van der Waals surface area contributed by atoms with Gasteiger partial charge >= 0.3 is 0 Å². The van der Waals surface area contributed by atoms with E-state index >= 15 is 0 Å². The molecule has 140 valence electrons. The van der Waals surface area contributed by atoms with Crippen LogP contribution in [0.4, 0.5) is 5.13 Å². The molecule has 1 aliphatic rings. The lowest BCUT2D eigenvalue weighted by Crippen LogP contribution is -2.13. The monoisotopic (exact) mass is 394 g/mol. The molecule has 0 aliphatic heterocycles. The number of benzene rings is 1. The van der Waals surface area contributed by atoms with Crippen LogP contribution < -0.4 is 14.8 Å². The highest BCUT2D eigenvalue weighted by molar-refractivity contribution is 7.15. The number of aromatic nitrogens is 1. The zero-order valence-corrected chi connectivity index (χ0v) is 17.0. The summed E-state index contributed by atoms with van der Waals surface area (Å²) in [6.45, 7) is 6.05. The van der Waals surface area contributed by atoms with Crippen molar-refractivity contribution in [1.29, 1.82) is 0 Å². The van der Waals surface area contributed by atoms with Crippen LogP contribution in [0, 0.1) is 5.92 Å². The summed E-state index contributed by atoms with van der Waals surface area (Å²) in [7, 11) is 1.52. The number of nitrogens with one attached hydrogen (secondary N) is 1. The summed E-state index contributed by atoms with van der Waals surface area (Å²) in [6.07, 6.45) is 3.10. The number of hydrogen-bond acceptors (Lipinski definition) is 5.